The summed E-state index contributed by atoms with van der Waals surface area (Å²) in [5.74, 6) is -12.1. The van der Waals surface area contributed by atoms with Crippen LogP contribution in [0.4, 0.5) is 43.9 Å². The van der Waals surface area contributed by atoms with Crippen molar-refractivity contribution in [2.45, 2.75) is 32.6 Å². The highest BCUT2D eigenvalue weighted by atomic mass is 35.5. The van der Waals surface area contributed by atoms with Gasteiger partial charge in [-0.05, 0) is 0 Å². The first-order valence-electron chi connectivity index (χ1n) is 3.93. The maximum absolute atomic E-state index is 12.9. The molecule has 1 aliphatic heterocycles. The molecule has 1 fully saturated rings. The van der Waals surface area contributed by atoms with E-state index in [2.05, 4.69) is 23.2 Å². The van der Waals surface area contributed by atoms with E-state index in [0.717, 1.165) is 0 Å². The van der Waals surface area contributed by atoms with Crippen molar-refractivity contribution >= 4 is 35.0 Å². The standard InChI is InChI=1S/C6Cl2F10S/c7-1(3(9,10)5(13,14)15)2(8,19-1)4(11,12)6(16,17)18. The van der Waals surface area contributed by atoms with Gasteiger partial charge in [-0.15, -0.1) is 0 Å². The Bertz CT molecular complexity index is 352. The molecule has 0 aromatic carbocycles. The second-order valence-electron chi connectivity index (χ2n) is 3.44. The molecule has 0 N–H and O–H groups in total. The zero-order valence-corrected chi connectivity index (χ0v) is 10.3. The average Bonchev–Trinajstić information content (AvgIpc) is 2.69. The van der Waals surface area contributed by atoms with Crippen LogP contribution in [0.15, 0.2) is 0 Å². The van der Waals surface area contributed by atoms with Crippen LogP contribution in [0.3, 0.4) is 0 Å². The van der Waals surface area contributed by atoms with Crippen LogP contribution in [-0.2, 0) is 0 Å². The molecular weight excluding hydrogens is 365 g/mol. The molecule has 1 heterocycles. The van der Waals surface area contributed by atoms with Crippen molar-refractivity contribution in [3.05, 3.63) is 0 Å². The summed E-state index contributed by atoms with van der Waals surface area (Å²) in [4.78, 5) is 0. The van der Waals surface area contributed by atoms with E-state index in [1.165, 1.54) is 0 Å². The third-order valence-electron chi connectivity index (χ3n) is 2.17. The van der Waals surface area contributed by atoms with Crippen LogP contribution in [0, 0.1) is 0 Å². The summed E-state index contributed by atoms with van der Waals surface area (Å²) < 4.78 is 114. The minimum absolute atomic E-state index is 1.20. The maximum atomic E-state index is 12.9. The van der Waals surface area contributed by atoms with Crippen molar-refractivity contribution in [3.8, 4) is 0 Å². The molecule has 19 heavy (non-hydrogen) atoms. The van der Waals surface area contributed by atoms with Gasteiger partial charge in [0.15, 0.2) is 8.41 Å². The van der Waals surface area contributed by atoms with Crippen LogP contribution in [0.2, 0.25) is 0 Å². The fraction of sp³-hybridized carbons (Fsp3) is 1.00. The van der Waals surface area contributed by atoms with Crippen LogP contribution in [0.1, 0.15) is 0 Å². The highest BCUT2D eigenvalue weighted by Crippen LogP contribution is 2.82. The van der Waals surface area contributed by atoms with E-state index in [1.807, 2.05) is 0 Å². The summed E-state index contributed by atoms with van der Waals surface area (Å²) in [7, 11) is 0. The van der Waals surface area contributed by atoms with Gasteiger partial charge in [0.05, 0.1) is 0 Å². The van der Waals surface area contributed by atoms with Crippen molar-refractivity contribution < 1.29 is 43.9 Å². The Kier molecular flexibility index (Phi) is 3.55. The molecular formula is C6Cl2F10S. The normalized spacial score (nSPS) is 33.5. The first-order valence-corrected chi connectivity index (χ1v) is 5.50. The second kappa shape index (κ2) is 3.90. The first-order chi connectivity index (χ1) is 7.96. The van der Waals surface area contributed by atoms with Gasteiger partial charge >= 0.3 is 24.2 Å². The smallest absolute Gasteiger partial charge is 0.193 e. The van der Waals surface area contributed by atoms with Gasteiger partial charge in [0.1, 0.15) is 0 Å². The zero-order chi connectivity index (χ0) is 15.7. The minimum atomic E-state index is -6.43. The highest BCUT2D eigenvalue weighted by Gasteiger charge is 2.96. The number of halogens is 12. The van der Waals surface area contributed by atoms with Crippen LogP contribution < -0.4 is 0 Å². The van der Waals surface area contributed by atoms with Gasteiger partial charge < -0.3 is 0 Å². The van der Waals surface area contributed by atoms with E-state index in [9.17, 15) is 43.9 Å². The van der Waals surface area contributed by atoms with Crippen molar-refractivity contribution in [3.63, 3.8) is 0 Å². The number of thioether (sulfide) groups is 1. The Labute approximate surface area is 112 Å². The van der Waals surface area contributed by atoms with Crippen molar-refractivity contribution in [2.75, 3.05) is 0 Å². The van der Waals surface area contributed by atoms with Gasteiger partial charge in [-0.25, -0.2) is 0 Å². The van der Waals surface area contributed by atoms with E-state index in [4.69, 9.17) is 0 Å². The molecule has 1 aliphatic rings. The number of rotatable bonds is 2. The van der Waals surface area contributed by atoms with E-state index >= 15 is 0 Å². The predicted octanol–water partition coefficient (Wildman–Crippen LogP) is 5.00. The molecule has 1 saturated heterocycles. The molecule has 1 rings (SSSR count). The monoisotopic (exact) mass is 364 g/mol. The third kappa shape index (κ3) is 1.98. The Hall–Kier alpha value is 0.230. The van der Waals surface area contributed by atoms with E-state index in [1.54, 1.807) is 0 Å². The van der Waals surface area contributed by atoms with Gasteiger partial charge in [-0.2, -0.15) is 43.9 Å². The Morgan fingerprint density at radius 3 is 0.947 bits per heavy atom. The molecule has 0 amide bonds. The summed E-state index contributed by atoms with van der Waals surface area (Å²) in [5, 5.41) is 0. The Morgan fingerprint density at radius 2 is 0.789 bits per heavy atom. The molecule has 0 radical (unpaired) electrons. The predicted molar refractivity (Wildman–Crippen MR) is 46.8 cm³/mol. The molecule has 2 atom stereocenters. The van der Waals surface area contributed by atoms with Crippen molar-refractivity contribution in [1.29, 1.82) is 0 Å². The summed E-state index contributed by atoms with van der Waals surface area (Å²) in [6, 6.07) is 0. The molecule has 0 bridgehead atoms. The number of hydrogen-bond acceptors (Lipinski definition) is 1. The molecule has 0 nitrogen and oxygen atoms in total. The fourth-order valence-electron chi connectivity index (χ4n) is 1.06. The fourth-order valence-corrected chi connectivity index (χ4v) is 3.41. The highest BCUT2D eigenvalue weighted by molar-refractivity contribution is 8.13. The molecule has 0 aliphatic carbocycles. The average molecular weight is 365 g/mol. The van der Waals surface area contributed by atoms with Crippen LogP contribution in [0.5, 0.6) is 0 Å². The lowest BCUT2D eigenvalue weighted by atomic mass is 10.1. The summed E-state index contributed by atoms with van der Waals surface area (Å²) in [6.45, 7) is 0. The van der Waals surface area contributed by atoms with E-state index < -0.39 is 44.4 Å². The molecule has 114 valence electrons. The van der Waals surface area contributed by atoms with E-state index in [0.29, 0.717) is 0 Å². The van der Waals surface area contributed by atoms with Crippen molar-refractivity contribution in [2.24, 2.45) is 0 Å². The van der Waals surface area contributed by atoms with Crippen LogP contribution in [0.25, 0.3) is 0 Å². The molecule has 2 unspecified atom stereocenters. The maximum Gasteiger partial charge on any atom is 0.456 e. The summed E-state index contributed by atoms with van der Waals surface area (Å²) in [5.41, 5.74) is 0. The quantitative estimate of drug-likeness (QED) is 0.377. The topological polar surface area (TPSA) is 0 Å². The SMILES string of the molecule is FC(F)(F)C(F)(F)C1(Cl)SC1(Cl)C(F)(F)C(F)(F)F. The summed E-state index contributed by atoms with van der Waals surface area (Å²) >= 11 is 8.00. The van der Waals surface area contributed by atoms with Crippen LogP contribution >= 0.6 is 35.0 Å². The van der Waals surface area contributed by atoms with Gasteiger partial charge in [0, 0.05) is 0 Å². The zero-order valence-electron chi connectivity index (χ0n) is 7.94. The lowest BCUT2D eigenvalue weighted by Crippen LogP contribution is -2.56. The van der Waals surface area contributed by atoms with E-state index in [-0.39, 0.29) is 0 Å². The number of alkyl halides is 12. The Balaban J connectivity index is 3.25. The molecule has 0 saturated carbocycles. The largest absolute Gasteiger partial charge is 0.456 e. The third-order valence-corrected chi connectivity index (χ3v) is 5.48. The molecule has 0 aromatic rings. The second-order valence-corrected chi connectivity index (χ2v) is 6.45. The Morgan fingerprint density at radius 1 is 0.579 bits per heavy atom. The molecule has 13 heteroatoms. The van der Waals surface area contributed by atoms with Crippen LogP contribution in [-0.4, -0.2) is 32.6 Å². The molecule has 0 aromatic heterocycles. The number of hydrogen-bond donors (Lipinski definition) is 0. The van der Waals surface area contributed by atoms with Crippen molar-refractivity contribution in [1.82, 2.24) is 0 Å². The van der Waals surface area contributed by atoms with Gasteiger partial charge in [0.2, 0.25) is 0 Å². The van der Waals surface area contributed by atoms with Gasteiger partial charge in [-0.3, -0.25) is 0 Å². The minimum Gasteiger partial charge on any atom is -0.193 e. The van der Waals surface area contributed by atoms with Gasteiger partial charge in [-0.1, -0.05) is 35.0 Å². The first kappa shape index (κ1) is 17.3. The lowest BCUT2D eigenvalue weighted by molar-refractivity contribution is -0.305. The molecule has 0 spiro atoms. The summed E-state index contributed by atoms with van der Waals surface area (Å²) in [6.07, 6.45) is -12.9. The van der Waals surface area contributed by atoms with Gasteiger partial charge in [0.25, 0.3) is 0 Å². The lowest BCUT2D eigenvalue weighted by Gasteiger charge is -2.29.